The van der Waals surface area contributed by atoms with Gasteiger partial charge in [-0.25, -0.2) is 9.78 Å². The molecule has 60 heavy (non-hydrogen) atoms. The number of rotatable bonds is 9. The molecule has 0 spiro atoms. The maximum absolute atomic E-state index is 13.7. The average Bonchev–Trinajstić information content (AvgIpc) is 3.66. The van der Waals surface area contributed by atoms with E-state index in [1.165, 1.54) is 50.2 Å². The van der Waals surface area contributed by atoms with E-state index in [9.17, 15) is 32.3 Å². The lowest BCUT2D eigenvalue weighted by Gasteiger charge is -2.41. The van der Waals surface area contributed by atoms with Crippen LogP contribution in [0.1, 0.15) is 96.8 Å². The van der Waals surface area contributed by atoms with Gasteiger partial charge in [0, 0.05) is 68.0 Å². The highest BCUT2D eigenvalue weighted by Crippen LogP contribution is 2.38. The van der Waals surface area contributed by atoms with Crippen molar-refractivity contribution in [2.75, 3.05) is 56.6 Å². The number of piperidine rings is 2. The van der Waals surface area contributed by atoms with E-state index in [1.54, 1.807) is 30.3 Å². The van der Waals surface area contributed by atoms with E-state index in [-0.39, 0.29) is 30.0 Å². The summed E-state index contributed by atoms with van der Waals surface area (Å²) in [6.45, 7) is 4.83. The predicted molar refractivity (Wildman–Crippen MR) is 219 cm³/mol. The lowest BCUT2D eigenvalue weighted by molar-refractivity contribution is -0.141. The third kappa shape index (κ3) is 9.28. The third-order valence-electron chi connectivity index (χ3n) is 12.9. The highest BCUT2D eigenvalue weighted by atomic mass is 19.4. The van der Waals surface area contributed by atoms with Crippen LogP contribution in [0.15, 0.2) is 60.8 Å². The Morgan fingerprint density at radius 3 is 2.52 bits per heavy atom. The first-order valence-corrected chi connectivity index (χ1v) is 21.1. The number of fused-ring (bicyclic) bond motifs is 2. The molecule has 3 aliphatic heterocycles. The van der Waals surface area contributed by atoms with Crippen molar-refractivity contribution in [2.24, 2.45) is 17.8 Å². The van der Waals surface area contributed by atoms with E-state index in [1.807, 2.05) is 21.8 Å². The minimum absolute atomic E-state index is 0.00108. The summed E-state index contributed by atoms with van der Waals surface area (Å²) < 4.78 is 47.0. The van der Waals surface area contributed by atoms with Crippen molar-refractivity contribution in [1.29, 1.82) is 0 Å². The SMILES string of the molecule is COc1cc2nn(C3CCN(CCC4CCCC5CN(C(=O)c6cccc(N7CCC(=O)NC7=O)c6)CCC5CC4)CC3)cc2cc1NC(=O)c1cccc(C(F)(F)F)n1. The first-order chi connectivity index (χ1) is 28.9. The molecule has 318 valence electrons. The summed E-state index contributed by atoms with van der Waals surface area (Å²) in [5.41, 5.74) is 0.722. The van der Waals surface area contributed by atoms with Crippen LogP contribution in [0.2, 0.25) is 0 Å². The number of urea groups is 1. The van der Waals surface area contributed by atoms with Crippen molar-refractivity contribution in [2.45, 2.75) is 76.4 Å². The number of alkyl halides is 3. The number of pyridine rings is 1. The van der Waals surface area contributed by atoms with Crippen molar-refractivity contribution in [3.63, 3.8) is 0 Å². The van der Waals surface area contributed by atoms with Crippen LogP contribution in [-0.4, -0.2) is 94.7 Å². The predicted octanol–water partition coefficient (Wildman–Crippen LogP) is 7.54. The minimum atomic E-state index is -4.66. The lowest BCUT2D eigenvalue weighted by Crippen LogP contribution is -2.49. The number of hydrogen-bond acceptors (Lipinski definition) is 8. The molecule has 13 nitrogen and oxygen atoms in total. The summed E-state index contributed by atoms with van der Waals surface area (Å²) >= 11 is 0. The van der Waals surface area contributed by atoms with Crippen LogP contribution in [-0.2, 0) is 11.0 Å². The number of halogens is 3. The van der Waals surface area contributed by atoms with Crippen molar-refractivity contribution in [3.05, 3.63) is 77.7 Å². The Morgan fingerprint density at radius 1 is 0.917 bits per heavy atom. The molecule has 1 aliphatic carbocycles. The maximum Gasteiger partial charge on any atom is 0.433 e. The molecule has 4 aliphatic rings. The molecule has 2 N–H and O–H groups in total. The number of aromatic nitrogens is 3. The molecule has 3 atom stereocenters. The molecule has 8 rings (SSSR count). The van der Waals surface area contributed by atoms with Gasteiger partial charge in [0.15, 0.2) is 0 Å². The van der Waals surface area contributed by atoms with E-state index < -0.39 is 23.8 Å². The highest BCUT2D eigenvalue weighted by molar-refractivity contribution is 6.06. The fourth-order valence-electron chi connectivity index (χ4n) is 9.53. The lowest BCUT2D eigenvalue weighted by atomic mass is 9.74. The van der Waals surface area contributed by atoms with Crippen LogP contribution in [0.4, 0.5) is 29.3 Å². The van der Waals surface area contributed by atoms with Crippen LogP contribution in [0.5, 0.6) is 5.75 Å². The standard InChI is InChI=1S/C44H51F3N8O5/c1-60-38-25-36-32(24-37(38)49-41(57)35-9-4-10-39(48-35)44(45,46)47)27-55(51-36)33-15-19-52(20-16-33)18-13-28-5-2-7-31-26-53(21-14-29(31)12-11-28)42(58)30-6-3-8-34(23-30)54-22-17-40(56)50-43(54)59/h3-4,6,8-10,23-25,27-29,31,33H,2,5,7,11-22,26H2,1H3,(H,49,57)(H,50,56,59). The molecule has 4 fully saturated rings. The molecule has 3 unspecified atom stereocenters. The number of carbonyl (C=O) groups is 4. The molecule has 0 radical (unpaired) electrons. The first kappa shape index (κ1) is 41.2. The molecule has 5 heterocycles. The monoisotopic (exact) mass is 828 g/mol. The van der Waals surface area contributed by atoms with Gasteiger partial charge in [-0.1, -0.05) is 31.4 Å². The van der Waals surface area contributed by atoms with Gasteiger partial charge < -0.3 is 19.9 Å². The average molecular weight is 829 g/mol. The molecule has 4 aromatic rings. The van der Waals surface area contributed by atoms with Crippen molar-refractivity contribution < 1.29 is 37.1 Å². The summed E-state index contributed by atoms with van der Waals surface area (Å²) in [6.07, 6.45) is 7.55. The number of benzene rings is 2. The van der Waals surface area contributed by atoms with Crippen LogP contribution < -0.4 is 20.3 Å². The summed E-state index contributed by atoms with van der Waals surface area (Å²) in [7, 11) is 1.46. The Bertz CT molecular complexity index is 2240. The van der Waals surface area contributed by atoms with Gasteiger partial charge in [-0.3, -0.25) is 29.3 Å². The quantitative estimate of drug-likeness (QED) is 0.176. The number of ether oxygens (including phenoxy) is 1. The second kappa shape index (κ2) is 17.6. The largest absolute Gasteiger partial charge is 0.494 e. The van der Waals surface area contributed by atoms with E-state index in [0.29, 0.717) is 52.5 Å². The topological polar surface area (TPSA) is 142 Å². The smallest absolute Gasteiger partial charge is 0.433 e. The van der Waals surface area contributed by atoms with Gasteiger partial charge in [-0.2, -0.15) is 18.3 Å². The van der Waals surface area contributed by atoms with Crippen molar-refractivity contribution in [3.8, 4) is 5.75 Å². The van der Waals surface area contributed by atoms with E-state index in [2.05, 4.69) is 20.5 Å². The van der Waals surface area contributed by atoms with Crippen molar-refractivity contribution >= 4 is 46.0 Å². The number of nitrogens with zero attached hydrogens (tertiary/aromatic N) is 6. The van der Waals surface area contributed by atoms with Gasteiger partial charge in [0.2, 0.25) is 5.91 Å². The Morgan fingerprint density at radius 2 is 1.73 bits per heavy atom. The summed E-state index contributed by atoms with van der Waals surface area (Å²) in [6, 6.07) is 13.6. The molecule has 0 bridgehead atoms. The number of methoxy groups -OCH3 is 1. The number of likely N-dealkylation sites (tertiary alicyclic amines) is 2. The summed E-state index contributed by atoms with van der Waals surface area (Å²) in [5.74, 6) is 1.10. The Hall–Kier alpha value is -5.51. The van der Waals surface area contributed by atoms with Gasteiger partial charge in [-0.15, -0.1) is 0 Å². The van der Waals surface area contributed by atoms with Gasteiger partial charge >= 0.3 is 12.2 Å². The normalized spacial score (nSPS) is 22.2. The summed E-state index contributed by atoms with van der Waals surface area (Å²) in [4.78, 5) is 60.1. The van der Waals surface area contributed by atoms with Crippen LogP contribution in [0, 0.1) is 17.8 Å². The number of amides is 5. The molecule has 3 saturated heterocycles. The molecule has 2 aromatic carbocycles. The minimum Gasteiger partial charge on any atom is -0.494 e. The zero-order valence-corrected chi connectivity index (χ0v) is 33.8. The number of anilines is 2. The molecule has 16 heteroatoms. The second-order valence-corrected chi connectivity index (χ2v) is 16.7. The Labute approximate surface area is 346 Å². The molecular formula is C44H51F3N8O5. The van der Waals surface area contributed by atoms with Crippen LogP contribution in [0.3, 0.4) is 0 Å². The van der Waals surface area contributed by atoms with Crippen molar-refractivity contribution in [1.82, 2.24) is 29.9 Å². The van der Waals surface area contributed by atoms with Crippen LogP contribution in [0.25, 0.3) is 10.9 Å². The molecule has 1 saturated carbocycles. The number of hydrogen-bond donors (Lipinski definition) is 2. The Balaban J connectivity index is 0.796. The number of imide groups is 1. The number of carbonyl (C=O) groups excluding carboxylic acids is 4. The fraction of sp³-hybridized carbons (Fsp3) is 0.500. The first-order valence-electron chi connectivity index (χ1n) is 21.1. The van der Waals surface area contributed by atoms with Crippen LogP contribution >= 0.6 is 0 Å². The van der Waals surface area contributed by atoms with Gasteiger partial charge in [0.25, 0.3) is 11.8 Å². The molecular weight excluding hydrogens is 778 g/mol. The fourth-order valence-corrected chi connectivity index (χ4v) is 9.53. The molecule has 2 aromatic heterocycles. The highest BCUT2D eigenvalue weighted by Gasteiger charge is 2.35. The third-order valence-corrected chi connectivity index (χ3v) is 12.9. The van der Waals surface area contributed by atoms with E-state index in [0.717, 1.165) is 75.9 Å². The molecule has 5 amide bonds. The van der Waals surface area contributed by atoms with Gasteiger partial charge in [0.05, 0.1) is 24.4 Å². The van der Waals surface area contributed by atoms with Gasteiger partial charge in [0.1, 0.15) is 17.1 Å². The zero-order chi connectivity index (χ0) is 42.0. The maximum atomic E-state index is 13.7. The Kier molecular flexibility index (Phi) is 12.1. The summed E-state index contributed by atoms with van der Waals surface area (Å²) in [5, 5.41) is 10.6. The van der Waals surface area contributed by atoms with E-state index in [4.69, 9.17) is 9.84 Å². The van der Waals surface area contributed by atoms with Gasteiger partial charge in [-0.05, 0) is 99.2 Å². The number of nitrogens with one attached hydrogen (secondary N) is 2. The second-order valence-electron chi connectivity index (χ2n) is 16.7. The van der Waals surface area contributed by atoms with E-state index >= 15 is 0 Å². The zero-order valence-electron chi connectivity index (χ0n) is 33.8.